The number of rotatable bonds is 9. The number of nitrogens with zero attached hydrogens (tertiary/aromatic N) is 5. The Bertz CT molecular complexity index is 879. The Labute approximate surface area is 208 Å². The molecule has 1 aromatic heterocycles. The standard InChI is InChI=1S/C23H36N6O2.HI/c1-6-22-27-25-16-29(22)12-11-24-23(26-19-9-7-8-10-19)28(3)15-18-14-21(31-5)20(30-4)13-17(18)2;/h13-14,16,19H,6-12,15H2,1-5H3,(H,24,26);1H. The molecule has 32 heavy (non-hydrogen) atoms. The van der Waals surface area contributed by atoms with Crippen LogP contribution in [0, 0.1) is 6.92 Å². The van der Waals surface area contributed by atoms with Gasteiger partial charge in [0.15, 0.2) is 17.5 Å². The molecular weight excluding hydrogens is 519 g/mol. The van der Waals surface area contributed by atoms with Crippen molar-refractivity contribution in [2.75, 3.05) is 27.8 Å². The quantitative estimate of drug-likeness (QED) is 0.288. The molecule has 9 heteroatoms. The topological polar surface area (TPSA) is 76.8 Å². The molecule has 1 N–H and O–H groups in total. The van der Waals surface area contributed by atoms with Gasteiger partial charge in [0.2, 0.25) is 0 Å². The summed E-state index contributed by atoms with van der Waals surface area (Å²) < 4.78 is 13.0. The number of ether oxygens (including phenoxy) is 2. The van der Waals surface area contributed by atoms with Crippen LogP contribution in [0.5, 0.6) is 11.5 Å². The zero-order chi connectivity index (χ0) is 22.2. The predicted octanol–water partition coefficient (Wildman–Crippen LogP) is 3.80. The molecule has 0 aliphatic heterocycles. The maximum Gasteiger partial charge on any atom is 0.194 e. The minimum Gasteiger partial charge on any atom is -0.493 e. The van der Waals surface area contributed by atoms with Gasteiger partial charge in [-0.05, 0) is 43.0 Å². The molecule has 0 atom stereocenters. The summed E-state index contributed by atoms with van der Waals surface area (Å²) in [7, 11) is 5.43. The van der Waals surface area contributed by atoms with Crippen LogP contribution in [0.15, 0.2) is 23.5 Å². The van der Waals surface area contributed by atoms with Gasteiger partial charge in [-0.25, -0.2) is 0 Å². The van der Waals surface area contributed by atoms with Gasteiger partial charge in [-0.15, -0.1) is 34.2 Å². The summed E-state index contributed by atoms with van der Waals surface area (Å²) in [4.78, 5) is 7.13. The lowest BCUT2D eigenvalue weighted by atomic mass is 10.1. The van der Waals surface area contributed by atoms with Crippen LogP contribution in [-0.4, -0.2) is 59.5 Å². The van der Waals surface area contributed by atoms with E-state index in [2.05, 4.69) is 51.9 Å². The molecule has 0 amide bonds. The van der Waals surface area contributed by atoms with E-state index in [1.54, 1.807) is 20.5 Å². The van der Waals surface area contributed by atoms with Crippen LogP contribution in [-0.2, 0) is 19.5 Å². The van der Waals surface area contributed by atoms with Crippen LogP contribution in [0.1, 0.15) is 49.6 Å². The summed E-state index contributed by atoms with van der Waals surface area (Å²) in [6.45, 7) is 6.38. The molecule has 0 saturated heterocycles. The summed E-state index contributed by atoms with van der Waals surface area (Å²) in [5.74, 6) is 3.44. The zero-order valence-electron chi connectivity index (χ0n) is 19.9. The van der Waals surface area contributed by atoms with Crippen molar-refractivity contribution in [3.05, 3.63) is 35.4 Å². The summed E-state index contributed by atoms with van der Waals surface area (Å²) >= 11 is 0. The maximum absolute atomic E-state index is 5.51. The van der Waals surface area contributed by atoms with Crippen molar-refractivity contribution >= 4 is 29.9 Å². The highest BCUT2D eigenvalue weighted by molar-refractivity contribution is 14.0. The number of hydrogen-bond acceptors (Lipinski definition) is 5. The monoisotopic (exact) mass is 556 g/mol. The smallest absolute Gasteiger partial charge is 0.194 e. The molecule has 8 nitrogen and oxygen atoms in total. The average Bonchev–Trinajstić information content (AvgIpc) is 3.45. The first-order chi connectivity index (χ1) is 15.0. The fourth-order valence-corrected chi connectivity index (χ4v) is 4.06. The highest BCUT2D eigenvalue weighted by atomic mass is 127. The number of hydrogen-bond donors (Lipinski definition) is 1. The van der Waals surface area contributed by atoms with E-state index in [0.717, 1.165) is 42.8 Å². The summed E-state index contributed by atoms with van der Waals surface area (Å²) in [5.41, 5.74) is 2.36. The number of guanidine groups is 1. The number of methoxy groups -OCH3 is 2. The average molecular weight is 556 g/mol. The summed E-state index contributed by atoms with van der Waals surface area (Å²) in [6, 6.07) is 4.58. The fourth-order valence-electron chi connectivity index (χ4n) is 4.06. The largest absolute Gasteiger partial charge is 0.493 e. The van der Waals surface area contributed by atoms with E-state index in [1.807, 2.05) is 6.07 Å². The van der Waals surface area contributed by atoms with Crippen LogP contribution in [0.4, 0.5) is 0 Å². The third kappa shape index (κ3) is 6.73. The van der Waals surface area contributed by atoms with Crippen molar-refractivity contribution in [1.82, 2.24) is 25.0 Å². The number of benzene rings is 1. The third-order valence-electron chi connectivity index (χ3n) is 5.91. The molecule has 0 spiro atoms. The lowest BCUT2D eigenvalue weighted by molar-refractivity contribution is 0.353. The second-order valence-electron chi connectivity index (χ2n) is 8.11. The second-order valence-corrected chi connectivity index (χ2v) is 8.11. The number of aromatic nitrogens is 3. The molecule has 1 heterocycles. The lowest BCUT2D eigenvalue weighted by Crippen LogP contribution is -2.43. The highest BCUT2D eigenvalue weighted by Crippen LogP contribution is 2.30. The maximum atomic E-state index is 5.51. The van der Waals surface area contributed by atoms with E-state index < -0.39 is 0 Å². The molecule has 178 valence electrons. The number of aliphatic imine (C=N–C) groups is 1. The van der Waals surface area contributed by atoms with E-state index >= 15 is 0 Å². The van der Waals surface area contributed by atoms with Gasteiger partial charge in [-0.3, -0.25) is 4.99 Å². The van der Waals surface area contributed by atoms with Crippen LogP contribution in [0.25, 0.3) is 0 Å². The van der Waals surface area contributed by atoms with Crippen molar-refractivity contribution in [3.63, 3.8) is 0 Å². The molecule has 1 fully saturated rings. The van der Waals surface area contributed by atoms with E-state index in [4.69, 9.17) is 14.5 Å². The SMILES string of the molecule is CCc1nncn1CCN=C(NC1CCCC1)N(C)Cc1cc(OC)c(OC)cc1C.I. The Kier molecular flexibility index (Phi) is 10.5. The molecule has 0 radical (unpaired) electrons. The Morgan fingerprint density at radius 3 is 2.56 bits per heavy atom. The first kappa shape index (κ1) is 26.2. The van der Waals surface area contributed by atoms with Crippen LogP contribution < -0.4 is 14.8 Å². The first-order valence-corrected chi connectivity index (χ1v) is 11.2. The predicted molar refractivity (Wildman–Crippen MR) is 138 cm³/mol. The fraction of sp³-hybridized carbons (Fsp3) is 0.609. The third-order valence-corrected chi connectivity index (χ3v) is 5.91. The van der Waals surface area contributed by atoms with Crippen LogP contribution in [0.2, 0.25) is 0 Å². The number of halogens is 1. The van der Waals surface area contributed by atoms with Gasteiger partial charge in [0.1, 0.15) is 12.2 Å². The molecular formula is C23H37IN6O2. The van der Waals surface area contributed by atoms with Gasteiger partial charge in [0, 0.05) is 32.6 Å². The zero-order valence-corrected chi connectivity index (χ0v) is 22.3. The van der Waals surface area contributed by atoms with Crippen molar-refractivity contribution in [2.45, 2.75) is 65.1 Å². The van der Waals surface area contributed by atoms with E-state index in [-0.39, 0.29) is 24.0 Å². The molecule has 1 saturated carbocycles. The Balaban J connectivity index is 0.00000363. The van der Waals surface area contributed by atoms with Gasteiger partial charge in [-0.2, -0.15) is 0 Å². The van der Waals surface area contributed by atoms with Crippen LogP contribution in [0.3, 0.4) is 0 Å². The molecule has 0 bridgehead atoms. The van der Waals surface area contributed by atoms with E-state index in [0.29, 0.717) is 12.6 Å². The normalized spacial score (nSPS) is 14.2. The minimum absolute atomic E-state index is 0. The molecule has 2 aromatic rings. The van der Waals surface area contributed by atoms with Crippen molar-refractivity contribution in [1.29, 1.82) is 0 Å². The summed E-state index contributed by atoms with van der Waals surface area (Å²) in [5, 5.41) is 11.9. The molecule has 1 aromatic carbocycles. The van der Waals surface area contributed by atoms with Crippen molar-refractivity contribution < 1.29 is 9.47 Å². The number of nitrogens with one attached hydrogen (secondary N) is 1. The lowest BCUT2D eigenvalue weighted by Gasteiger charge is -2.26. The van der Waals surface area contributed by atoms with Gasteiger partial charge in [0.25, 0.3) is 0 Å². The first-order valence-electron chi connectivity index (χ1n) is 11.2. The highest BCUT2D eigenvalue weighted by Gasteiger charge is 2.19. The van der Waals surface area contributed by atoms with Crippen LogP contribution >= 0.6 is 24.0 Å². The van der Waals surface area contributed by atoms with Crippen molar-refractivity contribution in [2.24, 2.45) is 4.99 Å². The van der Waals surface area contributed by atoms with E-state index in [9.17, 15) is 0 Å². The Hall–Kier alpha value is -2.04. The van der Waals surface area contributed by atoms with Gasteiger partial charge in [0.05, 0.1) is 20.8 Å². The Morgan fingerprint density at radius 1 is 1.22 bits per heavy atom. The molecule has 3 rings (SSSR count). The van der Waals surface area contributed by atoms with Gasteiger partial charge >= 0.3 is 0 Å². The molecule has 1 aliphatic carbocycles. The van der Waals surface area contributed by atoms with Crippen molar-refractivity contribution in [3.8, 4) is 11.5 Å². The summed E-state index contributed by atoms with van der Waals surface area (Å²) in [6.07, 6.45) is 7.62. The number of aryl methyl sites for hydroxylation is 2. The molecule has 1 aliphatic rings. The van der Waals surface area contributed by atoms with Gasteiger partial charge < -0.3 is 24.3 Å². The second kappa shape index (κ2) is 12.9. The van der Waals surface area contributed by atoms with Gasteiger partial charge in [-0.1, -0.05) is 19.8 Å². The minimum atomic E-state index is 0. The Morgan fingerprint density at radius 2 is 1.91 bits per heavy atom. The van der Waals surface area contributed by atoms with E-state index in [1.165, 1.54) is 36.8 Å². The molecule has 0 unspecified atom stereocenters.